The largest absolute Gasteiger partial charge is 0.457 e. The Kier molecular flexibility index (Phi) is 47.2. The molecule has 4 N–H and O–H groups in total. The molecule has 72 heavy (non-hydrogen) atoms. The number of rotatable bonds is 52. The van der Waals surface area contributed by atoms with Crippen molar-refractivity contribution in [1.29, 1.82) is 0 Å². The summed E-state index contributed by atoms with van der Waals surface area (Å²) in [6, 6.07) is 0. The van der Waals surface area contributed by atoms with E-state index in [2.05, 4.69) is 66.6 Å². The van der Waals surface area contributed by atoms with Crippen LogP contribution < -0.4 is 0 Å². The summed E-state index contributed by atoms with van der Waals surface area (Å²) in [5, 5.41) is 30.9. The lowest BCUT2D eigenvalue weighted by molar-refractivity contribution is -0.301. The van der Waals surface area contributed by atoms with E-state index in [1.807, 2.05) is 0 Å². The number of ether oxygens (including phenoxy) is 4. The molecule has 1 aliphatic heterocycles. The Hall–Kier alpha value is -1.94. The number of unbranched alkanes of at least 4 members (excludes halogenated alkanes) is 31. The van der Waals surface area contributed by atoms with Gasteiger partial charge in [0.05, 0.1) is 19.8 Å². The lowest BCUT2D eigenvalue weighted by Crippen LogP contribution is -2.60. The van der Waals surface area contributed by atoms with Crippen molar-refractivity contribution in [2.45, 2.75) is 295 Å². The zero-order valence-electron chi connectivity index (χ0n) is 45.7. The molecule has 1 fully saturated rings. The molecule has 6 unspecified atom stereocenters. The van der Waals surface area contributed by atoms with Gasteiger partial charge in [0.2, 0.25) is 0 Å². The first-order valence-electron chi connectivity index (χ1n) is 29.4. The van der Waals surface area contributed by atoms with Crippen LogP contribution in [0.4, 0.5) is 0 Å². The maximum atomic E-state index is 13.0. The number of carbonyl (C=O) groups is 1. The van der Waals surface area contributed by atoms with Crippen LogP contribution in [0.25, 0.3) is 0 Å². The molecule has 1 rings (SSSR count). The standard InChI is InChI=1S/C59H108O12S/c1-3-5-7-9-11-13-15-17-19-21-23-25-26-27-29-31-33-35-37-39-41-43-45-47-49-67-51-53(52-68-59-57(63)58(71-72(64,65)66)56(62)54(50-60)70-59)69-55(61)48-46-44-42-40-38-36-34-32-30-28-24-22-20-18-16-14-12-10-8-6-4-2/h5,7,11,13,17,19,23,25,53-54,56-60,62-63H,3-4,6,8-10,12,14-16,18,20-22,24,26-52H2,1-2H3,(H,64,65,66)/b7-5-,13-11-,19-17-,25-23-. The fraction of sp³-hybridized carbons (Fsp3) is 0.847. The van der Waals surface area contributed by atoms with Gasteiger partial charge in [0.25, 0.3) is 0 Å². The molecule has 0 bridgehead atoms. The molecular formula is C59H108O12S. The summed E-state index contributed by atoms with van der Waals surface area (Å²) in [6.07, 6.45) is 54.3. The van der Waals surface area contributed by atoms with Crippen molar-refractivity contribution < 1.29 is 56.2 Å². The van der Waals surface area contributed by atoms with Gasteiger partial charge in [-0.2, -0.15) is 8.42 Å². The maximum absolute atomic E-state index is 13.0. The molecule has 12 nitrogen and oxygen atoms in total. The van der Waals surface area contributed by atoms with Crippen molar-refractivity contribution in [2.75, 3.05) is 26.4 Å². The van der Waals surface area contributed by atoms with Crippen LogP contribution >= 0.6 is 0 Å². The average molecular weight is 1040 g/mol. The van der Waals surface area contributed by atoms with Crippen LogP contribution in [-0.4, -0.2) is 97.5 Å². The average Bonchev–Trinajstić information content (AvgIpc) is 3.36. The smallest absolute Gasteiger partial charge is 0.397 e. The van der Waals surface area contributed by atoms with Crippen LogP contribution in [0.1, 0.15) is 258 Å². The molecule has 1 aliphatic rings. The molecule has 0 amide bonds. The Balaban J connectivity index is 2.28. The van der Waals surface area contributed by atoms with Crippen LogP contribution in [-0.2, 0) is 38.3 Å². The van der Waals surface area contributed by atoms with Gasteiger partial charge in [-0.1, -0.05) is 249 Å². The van der Waals surface area contributed by atoms with Gasteiger partial charge >= 0.3 is 16.4 Å². The van der Waals surface area contributed by atoms with Crippen molar-refractivity contribution in [3.05, 3.63) is 48.6 Å². The Bertz CT molecular complexity index is 1430. The zero-order valence-corrected chi connectivity index (χ0v) is 46.6. The van der Waals surface area contributed by atoms with E-state index in [-0.39, 0.29) is 19.6 Å². The summed E-state index contributed by atoms with van der Waals surface area (Å²) >= 11 is 0. The predicted molar refractivity (Wildman–Crippen MR) is 294 cm³/mol. The molecule has 13 heteroatoms. The van der Waals surface area contributed by atoms with Gasteiger partial charge in [0, 0.05) is 13.0 Å². The van der Waals surface area contributed by atoms with E-state index < -0.39 is 59.8 Å². The molecule has 1 saturated heterocycles. The zero-order chi connectivity index (χ0) is 52.4. The van der Waals surface area contributed by atoms with Gasteiger partial charge in [0.15, 0.2) is 6.29 Å². The first kappa shape index (κ1) is 68.1. The summed E-state index contributed by atoms with van der Waals surface area (Å²) < 4.78 is 59.5. The topological polar surface area (TPSA) is 178 Å². The molecule has 0 aliphatic carbocycles. The van der Waals surface area contributed by atoms with Gasteiger partial charge < -0.3 is 34.3 Å². The lowest BCUT2D eigenvalue weighted by atomic mass is 9.99. The first-order valence-corrected chi connectivity index (χ1v) is 30.8. The van der Waals surface area contributed by atoms with Gasteiger partial charge in [-0.15, -0.1) is 0 Å². The Morgan fingerprint density at radius 2 is 0.958 bits per heavy atom. The van der Waals surface area contributed by atoms with Crippen LogP contribution in [0.15, 0.2) is 48.6 Å². The van der Waals surface area contributed by atoms with Crippen LogP contribution in [0, 0.1) is 0 Å². The highest BCUT2D eigenvalue weighted by Gasteiger charge is 2.48. The number of aliphatic hydroxyl groups is 3. The second kappa shape index (κ2) is 49.9. The van der Waals surface area contributed by atoms with E-state index in [9.17, 15) is 33.1 Å². The Labute approximate surface area is 440 Å². The van der Waals surface area contributed by atoms with Gasteiger partial charge in [-0.05, 0) is 51.4 Å². The van der Waals surface area contributed by atoms with E-state index in [0.29, 0.717) is 13.0 Å². The quantitative estimate of drug-likeness (QED) is 0.0196. The highest BCUT2D eigenvalue weighted by Crippen LogP contribution is 2.26. The monoisotopic (exact) mass is 1040 g/mol. The molecule has 6 atom stereocenters. The van der Waals surface area contributed by atoms with Crippen molar-refractivity contribution in [3.8, 4) is 0 Å². The Morgan fingerprint density at radius 1 is 0.542 bits per heavy atom. The molecule has 1 heterocycles. The second-order valence-corrected chi connectivity index (χ2v) is 21.3. The fourth-order valence-electron chi connectivity index (χ4n) is 9.08. The molecule has 0 aromatic heterocycles. The number of esters is 1. The molecule has 0 saturated carbocycles. The minimum Gasteiger partial charge on any atom is -0.457 e. The van der Waals surface area contributed by atoms with Crippen molar-refractivity contribution in [2.24, 2.45) is 0 Å². The molecule has 0 aromatic rings. The van der Waals surface area contributed by atoms with E-state index >= 15 is 0 Å². The number of carbonyl (C=O) groups excluding carboxylic acids is 1. The van der Waals surface area contributed by atoms with Crippen molar-refractivity contribution in [3.63, 3.8) is 0 Å². The van der Waals surface area contributed by atoms with Gasteiger partial charge in [-0.3, -0.25) is 9.35 Å². The SMILES string of the molecule is CC/C=C\C/C=C\C/C=C\C/C=C\CCCCCCCCCCCCCOCC(COC1OC(CO)C(O)C(OS(=O)(=O)O)C1O)OC(=O)CCCCCCCCCCCCCCCCCCCCCCC. The molecule has 0 aromatic carbocycles. The summed E-state index contributed by atoms with van der Waals surface area (Å²) in [5.41, 5.74) is 0. The highest BCUT2D eigenvalue weighted by molar-refractivity contribution is 7.80. The van der Waals surface area contributed by atoms with E-state index in [0.717, 1.165) is 70.6 Å². The fourth-order valence-corrected chi connectivity index (χ4v) is 9.59. The maximum Gasteiger partial charge on any atom is 0.397 e. The predicted octanol–water partition coefficient (Wildman–Crippen LogP) is 14.6. The number of allylic oxidation sites excluding steroid dienone is 8. The number of hydrogen-bond acceptors (Lipinski definition) is 11. The summed E-state index contributed by atoms with van der Waals surface area (Å²) in [6.45, 7) is 3.92. The van der Waals surface area contributed by atoms with E-state index in [1.165, 1.54) is 161 Å². The Morgan fingerprint density at radius 3 is 1.40 bits per heavy atom. The van der Waals surface area contributed by atoms with Gasteiger partial charge in [0.1, 0.15) is 30.5 Å². The highest BCUT2D eigenvalue weighted by atomic mass is 32.3. The van der Waals surface area contributed by atoms with Crippen molar-refractivity contribution >= 4 is 16.4 Å². The molecule has 422 valence electrons. The minimum atomic E-state index is -5.07. The van der Waals surface area contributed by atoms with Crippen LogP contribution in [0.5, 0.6) is 0 Å². The minimum absolute atomic E-state index is 0.0360. The number of hydrogen-bond donors (Lipinski definition) is 4. The third-order valence-corrected chi connectivity index (χ3v) is 13.9. The number of aliphatic hydroxyl groups excluding tert-OH is 3. The third-order valence-electron chi connectivity index (χ3n) is 13.5. The lowest BCUT2D eigenvalue weighted by Gasteiger charge is -2.41. The second-order valence-electron chi connectivity index (χ2n) is 20.2. The van der Waals surface area contributed by atoms with Crippen LogP contribution in [0.2, 0.25) is 0 Å². The molecular weight excluding hydrogens is 933 g/mol. The third kappa shape index (κ3) is 42.3. The molecule has 0 radical (unpaired) electrons. The summed E-state index contributed by atoms with van der Waals surface area (Å²) in [4.78, 5) is 13.0. The van der Waals surface area contributed by atoms with E-state index in [4.69, 9.17) is 18.9 Å². The molecule has 0 spiro atoms. The van der Waals surface area contributed by atoms with Crippen molar-refractivity contribution in [1.82, 2.24) is 0 Å². The first-order chi connectivity index (χ1) is 35.1. The summed E-state index contributed by atoms with van der Waals surface area (Å²) in [5.74, 6) is -0.395. The normalized spacial score (nSPS) is 19.2. The summed E-state index contributed by atoms with van der Waals surface area (Å²) in [7, 11) is -5.07. The van der Waals surface area contributed by atoms with Crippen LogP contribution in [0.3, 0.4) is 0 Å². The van der Waals surface area contributed by atoms with Gasteiger partial charge in [-0.25, -0.2) is 4.18 Å². The van der Waals surface area contributed by atoms with E-state index in [1.54, 1.807) is 0 Å².